The molecule has 1 saturated heterocycles. The highest BCUT2D eigenvalue weighted by molar-refractivity contribution is 6.00. The third-order valence-electron chi connectivity index (χ3n) is 4.82. The van der Waals surface area contributed by atoms with E-state index in [1.165, 1.54) is 12.3 Å². The fourth-order valence-corrected chi connectivity index (χ4v) is 3.44. The first-order valence-electron chi connectivity index (χ1n) is 8.64. The second kappa shape index (κ2) is 6.40. The van der Waals surface area contributed by atoms with Gasteiger partial charge in [0, 0.05) is 31.9 Å². The minimum atomic E-state index is -0.349. The zero-order valence-electron chi connectivity index (χ0n) is 14.8. The van der Waals surface area contributed by atoms with Crippen LogP contribution >= 0.6 is 0 Å². The average molecular weight is 353 g/mol. The van der Waals surface area contributed by atoms with E-state index in [2.05, 4.69) is 15.0 Å². The molecule has 1 atom stereocenters. The number of aromatic nitrogens is 3. The number of rotatable bonds is 2. The largest absolute Gasteiger partial charge is 0.350 e. The van der Waals surface area contributed by atoms with Gasteiger partial charge in [0.2, 0.25) is 0 Å². The van der Waals surface area contributed by atoms with Gasteiger partial charge in [-0.05, 0) is 37.6 Å². The van der Waals surface area contributed by atoms with Crippen LogP contribution in [-0.4, -0.2) is 51.1 Å². The number of piperazine rings is 1. The maximum absolute atomic E-state index is 13.1. The van der Waals surface area contributed by atoms with Crippen LogP contribution in [0, 0.1) is 12.7 Å². The topological polar surface area (TPSA) is 53.7 Å². The van der Waals surface area contributed by atoms with Crippen LogP contribution in [0.25, 0.3) is 5.52 Å². The molecule has 4 rings (SSSR count). The molecule has 1 aliphatic heterocycles. The van der Waals surface area contributed by atoms with Crippen LogP contribution in [0.2, 0.25) is 0 Å². The Morgan fingerprint density at radius 2 is 2.04 bits per heavy atom. The van der Waals surface area contributed by atoms with Gasteiger partial charge in [-0.3, -0.25) is 4.79 Å². The molecule has 26 heavy (non-hydrogen) atoms. The summed E-state index contributed by atoms with van der Waals surface area (Å²) in [5.74, 6) is 0.374. The minimum Gasteiger partial charge on any atom is -0.350 e. The Kier molecular flexibility index (Phi) is 4.06. The van der Waals surface area contributed by atoms with E-state index in [4.69, 9.17) is 0 Å². The van der Waals surface area contributed by atoms with Crippen molar-refractivity contribution in [3.8, 4) is 0 Å². The Morgan fingerprint density at radius 1 is 1.19 bits per heavy atom. The summed E-state index contributed by atoms with van der Waals surface area (Å²) < 4.78 is 14.8. The number of fused-ring (bicyclic) bond motifs is 1. The van der Waals surface area contributed by atoms with Gasteiger partial charge in [-0.25, -0.2) is 13.9 Å². The number of halogens is 1. The maximum atomic E-state index is 13.1. The van der Waals surface area contributed by atoms with Crippen molar-refractivity contribution in [3.63, 3.8) is 0 Å². The lowest BCUT2D eigenvalue weighted by molar-refractivity contribution is 0.0728. The molecule has 1 aliphatic rings. The molecule has 0 radical (unpaired) electrons. The number of nitrogens with zero attached hydrogens (tertiary/aromatic N) is 5. The van der Waals surface area contributed by atoms with Crippen molar-refractivity contribution in [1.29, 1.82) is 0 Å². The molecule has 0 aliphatic carbocycles. The first kappa shape index (κ1) is 16.5. The van der Waals surface area contributed by atoms with Crippen LogP contribution in [0.3, 0.4) is 0 Å². The first-order valence-corrected chi connectivity index (χ1v) is 8.64. The van der Waals surface area contributed by atoms with Crippen molar-refractivity contribution in [2.24, 2.45) is 0 Å². The SMILES string of the molecule is Cc1ccc2c(C(=O)N3CCN(c4ccc(F)cn4)C(C)C3)cnn2c1. The lowest BCUT2D eigenvalue weighted by Crippen LogP contribution is -2.54. The lowest BCUT2D eigenvalue weighted by Gasteiger charge is -2.40. The van der Waals surface area contributed by atoms with Gasteiger partial charge >= 0.3 is 0 Å². The van der Waals surface area contributed by atoms with E-state index < -0.39 is 0 Å². The summed E-state index contributed by atoms with van der Waals surface area (Å²) in [5.41, 5.74) is 2.52. The molecule has 0 N–H and O–H groups in total. The van der Waals surface area contributed by atoms with E-state index in [0.717, 1.165) is 16.9 Å². The summed E-state index contributed by atoms with van der Waals surface area (Å²) >= 11 is 0. The normalized spacial score (nSPS) is 17.7. The number of pyridine rings is 2. The lowest BCUT2D eigenvalue weighted by atomic mass is 10.1. The molecule has 0 aromatic carbocycles. The van der Waals surface area contributed by atoms with Crippen molar-refractivity contribution in [3.05, 3.63) is 59.8 Å². The number of amides is 1. The number of hydrogen-bond acceptors (Lipinski definition) is 4. The van der Waals surface area contributed by atoms with E-state index in [0.29, 0.717) is 25.2 Å². The third-order valence-corrected chi connectivity index (χ3v) is 4.82. The molecule has 1 fully saturated rings. The first-order chi connectivity index (χ1) is 12.5. The zero-order valence-corrected chi connectivity index (χ0v) is 14.8. The maximum Gasteiger partial charge on any atom is 0.257 e. The van der Waals surface area contributed by atoms with E-state index in [-0.39, 0.29) is 17.8 Å². The van der Waals surface area contributed by atoms with Gasteiger partial charge in [-0.2, -0.15) is 5.10 Å². The van der Waals surface area contributed by atoms with Gasteiger partial charge in [0.05, 0.1) is 23.5 Å². The van der Waals surface area contributed by atoms with Gasteiger partial charge < -0.3 is 9.80 Å². The van der Waals surface area contributed by atoms with Gasteiger partial charge in [-0.1, -0.05) is 6.07 Å². The molecular formula is C19H20FN5O. The Hall–Kier alpha value is -2.96. The van der Waals surface area contributed by atoms with E-state index in [1.807, 2.05) is 37.1 Å². The number of hydrogen-bond donors (Lipinski definition) is 0. The van der Waals surface area contributed by atoms with Crippen LogP contribution in [-0.2, 0) is 0 Å². The second-order valence-electron chi connectivity index (χ2n) is 6.72. The Bertz CT molecular complexity index is 952. The van der Waals surface area contributed by atoms with Crippen molar-refractivity contribution in [2.75, 3.05) is 24.5 Å². The van der Waals surface area contributed by atoms with E-state index in [1.54, 1.807) is 16.8 Å². The number of carbonyl (C=O) groups excluding carboxylic acids is 1. The van der Waals surface area contributed by atoms with Crippen LogP contribution in [0.5, 0.6) is 0 Å². The predicted molar refractivity (Wildman–Crippen MR) is 96.8 cm³/mol. The third kappa shape index (κ3) is 2.89. The molecule has 0 bridgehead atoms. The van der Waals surface area contributed by atoms with Gasteiger partial charge in [0.1, 0.15) is 11.6 Å². The summed E-state index contributed by atoms with van der Waals surface area (Å²) in [6, 6.07) is 7.09. The Labute approximate surface area is 150 Å². The average Bonchev–Trinajstić information content (AvgIpc) is 3.05. The molecule has 3 aromatic heterocycles. The molecular weight excluding hydrogens is 333 g/mol. The highest BCUT2D eigenvalue weighted by Crippen LogP contribution is 2.21. The summed E-state index contributed by atoms with van der Waals surface area (Å²) in [6.07, 6.45) is 4.77. The monoisotopic (exact) mass is 353 g/mol. The van der Waals surface area contributed by atoms with Crippen molar-refractivity contribution < 1.29 is 9.18 Å². The molecule has 0 saturated carbocycles. The van der Waals surface area contributed by atoms with Crippen molar-refractivity contribution >= 4 is 17.2 Å². The van der Waals surface area contributed by atoms with Crippen molar-refractivity contribution in [2.45, 2.75) is 19.9 Å². The molecule has 6 nitrogen and oxygen atoms in total. The molecule has 4 heterocycles. The molecule has 0 spiro atoms. The van der Waals surface area contributed by atoms with E-state index >= 15 is 0 Å². The summed E-state index contributed by atoms with van der Waals surface area (Å²) in [7, 11) is 0. The zero-order chi connectivity index (χ0) is 18.3. The number of aryl methyl sites for hydroxylation is 1. The molecule has 134 valence electrons. The number of anilines is 1. The minimum absolute atomic E-state index is 0.0116. The van der Waals surface area contributed by atoms with Gasteiger partial charge in [-0.15, -0.1) is 0 Å². The standard InChI is InChI=1S/C19H20FN5O/c1-13-3-5-17-16(10-22-25(17)11-13)19(26)23-7-8-24(14(2)12-23)18-6-4-15(20)9-21-18/h3-6,9-11,14H,7-8,12H2,1-2H3. The highest BCUT2D eigenvalue weighted by atomic mass is 19.1. The van der Waals surface area contributed by atoms with E-state index in [9.17, 15) is 9.18 Å². The van der Waals surface area contributed by atoms with Crippen LogP contribution < -0.4 is 4.90 Å². The fraction of sp³-hybridized carbons (Fsp3) is 0.316. The van der Waals surface area contributed by atoms with Crippen LogP contribution in [0.15, 0.2) is 42.9 Å². The quantitative estimate of drug-likeness (QED) is 0.710. The van der Waals surface area contributed by atoms with Gasteiger partial charge in [0.15, 0.2) is 0 Å². The smallest absolute Gasteiger partial charge is 0.257 e. The fourth-order valence-electron chi connectivity index (χ4n) is 3.44. The molecule has 1 unspecified atom stereocenters. The second-order valence-corrected chi connectivity index (χ2v) is 6.72. The molecule has 7 heteroatoms. The van der Waals surface area contributed by atoms with Crippen molar-refractivity contribution in [1.82, 2.24) is 19.5 Å². The molecule has 1 amide bonds. The van der Waals surface area contributed by atoms with Crippen LogP contribution in [0.4, 0.5) is 10.2 Å². The Balaban J connectivity index is 1.52. The van der Waals surface area contributed by atoms with Gasteiger partial charge in [0.25, 0.3) is 5.91 Å². The Morgan fingerprint density at radius 3 is 2.77 bits per heavy atom. The summed E-state index contributed by atoms with van der Waals surface area (Å²) in [5, 5.41) is 4.30. The number of carbonyl (C=O) groups is 1. The summed E-state index contributed by atoms with van der Waals surface area (Å²) in [4.78, 5) is 21.1. The molecule has 3 aromatic rings. The van der Waals surface area contributed by atoms with Crippen LogP contribution in [0.1, 0.15) is 22.8 Å². The summed E-state index contributed by atoms with van der Waals surface area (Å²) in [6.45, 7) is 5.87. The highest BCUT2D eigenvalue weighted by Gasteiger charge is 2.29. The predicted octanol–water partition coefficient (Wildman–Crippen LogP) is 2.53.